The molecule has 2 amide bonds. The van der Waals surface area contributed by atoms with Crippen molar-refractivity contribution in [1.29, 1.82) is 0 Å². The normalized spacial score (nSPS) is 15.1. The molecule has 2 N–H and O–H groups in total. The lowest BCUT2D eigenvalue weighted by molar-refractivity contribution is -0.137. The van der Waals surface area contributed by atoms with Crippen LogP contribution in [-0.4, -0.2) is 48.0 Å². The molecule has 9 heteroatoms. The van der Waals surface area contributed by atoms with E-state index in [0.717, 1.165) is 23.3 Å². The minimum Gasteiger partial charge on any atom is -0.378 e. The summed E-state index contributed by atoms with van der Waals surface area (Å²) in [6.07, 6.45) is -4.06. The molecule has 0 spiro atoms. The fourth-order valence-corrected chi connectivity index (χ4v) is 4.41. The molecule has 0 atom stereocenters. The van der Waals surface area contributed by atoms with Gasteiger partial charge in [-0.25, -0.2) is 4.98 Å². The topological polar surface area (TPSA) is 85.5 Å². The first-order chi connectivity index (χ1) is 16.2. The zero-order valence-electron chi connectivity index (χ0n) is 18.0. The number of nitrogens with two attached hydrogens (primary N) is 1. The molecule has 0 radical (unpaired) electrons. The van der Waals surface area contributed by atoms with Gasteiger partial charge >= 0.3 is 6.18 Å². The van der Waals surface area contributed by atoms with E-state index in [2.05, 4.69) is 4.98 Å². The molecule has 1 aromatic heterocycles. The highest BCUT2D eigenvalue weighted by Crippen LogP contribution is 2.40. The summed E-state index contributed by atoms with van der Waals surface area (Å²) in [5.41, 5.74) is 9.26. The molecule has 0 bridgehead atoms. The average Bonchev–Trinajstić information content (AvgIpc) is 3.20. The molecule has 1 fully saturated rings. The molecule has 34 heavy (non-hydrogen) atoms. The monoisotopic (exact) mass is 467 g/mol. The molecule has 1 aliphatic carbocycles. The number of benzene rings is 2. The molecular formula is C25H20F3N3O3. The standard InChI is InChI=1S/C25H20F3N3O3/c26-25(27,28)17-4-1-14(2-5-17)21-13-20(23(29)32)19-12-16-11-15(3-6-18(16)22(19)30-21)24(33)31-7-9-34-10-8-31/h1-6,11,13H,7-10,12H2,(H2,29,32). The van der Waals surface area contributed by atoms with E-state index in [0.29, 0.717) is 60.8 Å². The predicted octanol–water partition coefficient (Wildman–Crippen LogP) is 3.91. The lowest BCUT2D eigenvalue weighted by Gasteiger charge is -2.27. The van der Waals surface area contributed by atoms with Gasteiger partial charge in [-0.3, -0.25) is 9.59 Å². The Kier molecular flexibility index (Phi) is 5.36. The van der Waals surface area contributed by atoms with Crippen molar-refractivity contribution >= 4 is 11.8 Å². The summed E-state index contributed by atoms with van der Waals surface area (Å²) in [5.74, 6) is -0.736. The van der Waals surface area contributed by atoms with Crippen LogP contribution in [0.2, 0.25) is 0 Å². The summed E-state index contributed by atoms with van der Waals surface area (Å²) >= 11 is 0. The molecule has 6 nitrogen and oxygen atoms in total. The van der Waals surface area contributed by atoms with Crippen molar-refractivity contribution in [2.45, 2.75) is 12.6 Å². The van der Waals surface area contributed by atoms with E-state index in [9.17, 15) is 22.8 Å². The molecule has 2 aromatic carbocycles. The first-order valence-corrected chi connectivity index (χ1v) is 10.7. The van der Waals surface area contributed by atoms with Crippen molar-refractivity contribution in [2.75, 3.05) is 26.3 Å². The van der Waals surface area contributed by atoms with Crippen LogP contribution in [0.4, 0.5) is 13.2 Å². The number of halogens is 3. The molecule has 2 aliphatic rings. The van der Waals surface area contributed by atoms with Gasteiger partial charge in [-0.2, -0.15) is 13.2 Å². The van der Waals surface area contributed by atoms with E-state index in [1.807, 2.05) is 0 Å². The molecular weight excluding hydrogens is 447 g/mol. The zero-order chi connectivity index (χ0) is 24.0. The smallest absolute Gasteiger partial charge is 0.378 e. The highest BCUT2D eigenvalue weighted by atomic mass is 19.4. The summed E-state index contributed by atoms with van der Waals surface area (Å²) in [7, 11) is 0. The highest BCUT2D eigenvalue weighted by molar-refractivity contribution is 6.00. The van der Waals surface area contributed by atoms with E-state index in [4.69, 9.17) is 10.5 Å². The molecule has 1 aliphatic heterocycles. The van der Waals surface area contributed by atoms with Gasteiger partial charge in [0.2, 0.25) is 5.91 Å². The van der Waals surface area contributed by atoms with Crippen molar-refractivity contribution < 1.29 is 27.5 Å². The van der Waals surface area contributed by atoms with E-state index in [1.165, 1.54) is 18.2 Å². The van der Waals surface area contributed by atoms with Crippen molar-refractivity contribution in [3.05, 3.63) is 76.3 Å². The van der Waals surface area contributed by atoms with Crippen molar-refractivity contribution in [2.24, 2.45) is 5.73 Å². The van der Waals surface area contributed by atoms with E-state index < -0.39 is 17.6 Å². The number of hydrogen-bond acceptors (Lipinski definition) is 4. The summed E-state index contributed by atoms with van der Waals surface area (Å²) < 4.78 is 44.1. The Morgan fingerprint density at radius 3 is 2.35 bits per heavy atom. The van der Waals surface area contributed by atoms with Crippen LogP contribution in [0, 0.1) is 0 Å². The Morgan fingerprint density at radius 2 is 1.71 bits per heavy atom. The van der Waals surface area contributed by atoms with Gasteiger partial charge in [0.1, 0.15) is 0 Å². The molecule has 174 valence electrons. The molecule has 0 unspecified atom stereocenters. The quantitative estimate of drug-likeness (QED) is 0.495. The number of hydrogen-bond donors (Lipinski definition) is 1. The average molecular weight is 467 g/mol. The van der Waals surface area contributed by atoms with Gasteiger partial charge in [0.05, 0.1) is 30.2 Å². The number of pyridine rings is 1. The number of amides is 2. The lowest BCUT2D eigenvalue weighted by Crippen LogP contribution is -2.40. The minimum atomic E-state index is -4.45. The van der Waals surface area contributed by atoms with Crippen LogP contribution in [0.25, 0.3) is 22.5 Å². The largest absolute Gasteiger partial charge is 0.416 e. The van der Waals surface area contributed by atoms with Crippen LogP contribution in [0.1, 0.15) is 37.4 Å². The molecule has 0 saturated carbocycles. The van der Waals surface area contributed by atoms with Crippen LogP contribution in [0.3, 0.4) is 0 Å². The molecule has 3 aromatic rings. The fraction of sp³-hybridized carbons (Fsp3) is 0.240. The Labute approximate surface area is 193 Å². The number of carbonyl (C=O) groups is 2. The predicted molar refractivity (Wildman–Crippen MR) is 118 cm³/mol. The second kappa shape index (κ2) is 8.25. The van der Waals surface area contributed by atoms with Crippen LogP contribution in [0.15, 0.2) is 48.5 Å². The molecule has 1 saturated heterocycles. The third-order valence-corrected chi connectivity index (χ3v) is 6.17. The van der Waals surface area contributed by atoms with Gasteiger partial charge in [-0.1, -0.05) is 18.2 Å². The van der Waals surface area contributed by atoms with E-state index in [1.54, 1.807) is 23.1 Å². The minimum absolute atomic E-state index is 0.0874. The third kappa shape index (κ3) is 3.92. The lowest BCUT2D eigenvalue weighted by atomic mass is 10.0. The van der Waals surface area contributed by atoms with Crippen molar-refractivity contribution in [1.82, 2.24) is 9.88 Å². The van der Waals surface area contributed by atoms with E-state index in [-0.39, 0.29) is 11.5 Å². The van der Waals surface area contributed by atoms with Gasteiger partial charge in [-0.05, 0) is 41.5 Å². The number of alkyl halides is 3. The van der Waals surface area contributed by atoms with Gasteiger partial charge in [0.15, 0.2) is 0 Å². The Morgan fingerprint density at radius 1 is 1.00 bits per heavy atom. The van der Waals surface area contributed by atoms with Crippen LogP contribution in [0.5, 0.6) is 0 Å². The van der Waals surface area contributed by atoms with Crippen LogP contribution in [-0.2, 0) is 17.3 Å². The number of morpholine rings is 1. The van der Waals surface area contributed by atoms with E-state index >= 15 is 0 Å². The number of primary amides is 1. The first-order valence-electron chi connectivity index (χ1n) is 10.7. The van der Waals surface area contributed by atoms with Gasteiger partial charge in [-0.15, -0.1) is 0 Å². The zero-order valence-corrected chi connectivity index (χ0v) is 18.0. The number of fused-ring (bicyclic) bond motifs is 3. The van der Waals surface area contributed by atoms with Gasteiger partial charge in [0, 0.05) is 41.8 Å². The number of nitrogens with zero attached hydrogens (tertiary/aromatic N) is 2. The van der Waals surface area contributed by atoms with Crippen LogP contribution < -0.4 is 5.73 Å². The Hall–Kier alpha value is -3.72. The number of aromatic nitrogens is 1. The fourth-order valence-electron chi connectivity index (χ4n) is 4.41. The Bertz CT molecular complexity index is 1300. The second-order valence-corrected chi connectivity index (χ2v) is 8.27. The first kappa shape index (κ1) is 22.1. The summed E-state index contributed by atoms with van der Waals surface area (Å²) in [6.45, 7) is 2.06. The summed E-state index contributed by atoms with van der Waals surface area (Å²) in [5, 5.41) is 0. The number of rotatable bonds is 3. The SMILES string of the molecule is NC(=O)c1cc(-c2ccc(C(F)(F)F)cc2)nc2c1Cc1cc(C(=O)N3CCOCC3)ccc1-2. The number of ether oxygens (including phenoxy) is 1. The summed E-state index contributed by atoms with van der Waals surface area (Å²) in [6, 6.07) is 11.4. The van der Waals surface area contributed by atoms with Crippen molar-refractivity contribution in [3.63, 3.8) is 0 Å². The Balaban J connectivity index is 1.53. The second-order valence-electron chi connectivity index (χ2n) is 8.27. The third-order valence-electron chi connectivity index (χ3n) is 6.17. The maximum absolute atomic E-state index is 12.9. The molecule has 2 heterocycles. The van der Waals surface area contributed by atoms with Crippen LogP contribution >= 0.6 is 0 Å². The maximum Gasteiger partial charge on any atom is 0.416 e. The van der Waals surface area contributed by atoms with Gasteiger partial charge in [0.25, 0.3) is 5.91 Å². The van der Waals surface area contributed by atoms with Gasteiger partial charge < -0.3 is 15.4 Å². The highest BCUT2D eigenvalue weighted by Gasteiger charge is 2.31. The van der Waals surface area contributed by atoms with Crippen molar-refractivity contribution in [3.8, 4) is 22.5 Å². The number of carbonyl (C=O) groups excluding carboxylic acids is 2. The maximum atomic E-state index is 12.9. The summed E-state index contributed by atoms with van der Waals surface area (Å²) in [4.78, 5) is 31.5. The molecule has 5 rings (SSSR count).